The Bertz CT molecular complexity index is 3150. The summed E-state index contributed by atoms with van der Waals surface area (Å²) in [5.74, 6) is 0. The zero-order chi connectivity index (χ0) is 34.9. The molecule has 0 aliphatic rings. The van der Waals surface area contributed by atoms with Crippen LogP contribution in [0.1, 0.15) is 0 Å². The van der Waals surface area contributed by atoms with Crippen molar-refractivity contribution in [3.05, 3.63) is 194 Å². The summed E-state index contributed by atoms with van der Waals surface area (Å²) >= 11 is 0. The number of para-hydroxylation sites is 1. The van der Waals surface area contributed by atoms with Gasteiger partial charge in [-0.25, -0.2) is 0 Å². The molecule has 0 spiro atoms. The third kappa shape index (κ3) is 4.58. The molecule has 11 aromatic rings. The summed E-state index contributed by atoms with van der Waals surface area (Å²) in [4.78, 5) is 0. The minimum atomic E-state index is 0.897. The van der Waals surface area contributed by atoms with Crippen molar-refractivity contribution in [2.24, 2.45) is 0 Å². The molecule has 0 bridgehead atoms. The molecule has 53 heavy (non-hydrogen) atoms. The Morgan fingerprint density at radius 3 is 1.49 bits per heavy atom. The van der Waals surface area contributed by atoms with Crippen LogP contribution in [0.25, 0.3) is 110 Å². The van der Waals surface area contributed by atoms with E-state index in [0.29, 0.717) is 0 Å². The minimum absolute atomic E-state index is 0.897. The van der Waals surface area contributed by atoms with Crippen molar-refractivity contribution in [3.63, 3.8) is 0 Å². The molecule has 0 aliphatic carbocycles. The first-order chi connectivity index (χ1) is 26.3. The van der Waals surface area contributed by atoms with Gasteiger partial charge in [-0.2, -0.15) is 0 Å². The Kier molecular flexibility index (Phi) is 6.62. The van der Waals surface area contributed by atoms with E-state index in [0.717, 1.165) is 33.1 Å². The van der Waals surface area contributed by atoms with Crippen LogP contribution in [0.3, 0.4) is 0 Å². The maximum absolute atomic E-state index is 6.76. The van der Waals surface area contributed by atoms with Crippen LogP contribution in [-0.2, 0) is 0 Å². The van der Waals surface area contributed by atoms with Crippen molar-refractivity contribution in [1.82, 2.24) is 0 Å². The van der Waals surface area contributed by atoms with Gasteiger partial charge in [0.2, 0.25) is 0 Å². The van der Waals surface area contributed by atoms with Gasteiger partial charge < -0.3 is 4.42 Å². The first-order valence-electron chi connectivity index (χ1n) is 18.3. The lowest BCUT2D eigenvalue weighted by molar-refractivity contribution is 0.670. The standard InChI is InChI=1S/C52H32O/c1-3-15-33(16-4-1)36-31-46-37-20-8-7-19-35(37)27-28-39(46)47(32-36)50-42-23-11-9-21-40(42)49(41-22-10-12-24-43(41)50)45-30-29-38(34-17-5-2-6-18-34)52-51(45)44-25-13-14-26-48(44)53-52/h1-32H. The average molecular weight is 673 g/mol. The van der Waals surface area contributed by atoms with Crippen LogP contribution in [0.5, 0.6) is 0 Å². The fourth-order valence-electron chi connectivity index (χ4n) is 8.71. The number of benzene rings is 10. The summed E-state index contributed by atoms with van der Waals surface area (Å²) in [7, 11) is 0. The van der Waals surface area contributed by atoms with Gasteiger partial charge in [0, 0.05) is 16.3 Å². The molecule has 0 saturated heterocycles. The number of fused-ring (bicyclic) bond motifs is 8. The first-order valence-corrected chi connectivity index (χ1v) is 18.3. The molecular formula is C52H32O. The maximum atomic E-state index is 6.76. The van der Waals surface area contributed by atoms with Crippen molar-refractivity contribution in [2.45, 2.75) is 0 Å². The third-order valence-corrected chi connectivity index (χ3v) is 11.0. The van der Waals surface area contributed by atoms with Crippen LogP contribution in [0.4, 0.5) is 0 Å². The van der Waals surface area contributed by atoms with Gasteiger partial charge in [0.1, 0.15) is 11.2 Å². The molecular weight excluding hydrogens is 641 g/mol. The molecule has 0 radical (unpaired) electrons. The molecule has 0 saturated carbocycles. The summed E-state index contributed by atoms with van der Waals surface area (Å²) in [6, 6.07) is 70.5. The predicted molar refractivity (Wildman–Crippen MR) is 225 cm³/mol. The lowest BCUT2D eigenvalue weighted by atomic mass is 9.82. The number of hydrogen-bond donors (Lipinski definition) is 0. The van der Waals surface area contributed by atoms with Gasteiger partial charge in [0.25, 0.3) is 0 Å². The fourth-order valence-corrected chi connectivity index (χ4v) is 8.71. The van der Waals surface area contributed by atoms with Gasteiger partial charge in [-0.1, -0.05) is 170 Å². The predicted octanol–water partition coefficient (Wildman–Crippen LogP) is 14.9. The van der Waals surface area contributed by atoms with Crippen LogP contribution in [0.15, 0.2) is 199 Å². The highest BCUT2D eigenvalue weighted by Gasteiger charge is 2.23. The Morgan fingerprint density at radius 1 is 0.283 bits per heavy atom. The molecule has 0 atom stereocenters. The zero-order valence-electron chi connectivity index (χ0n) is 28.9. The van der Waals surface area contributed by atoms with E-state index in [9.17, 15) is 0 Å². The molecule has 10 aromatic carbocycles. The van der Waals surface area contributed by atoms with Gasteiger partial charge >= 0.3 is 0 Å². The quantitative estimate of drug-likeness (QED) is 0.134. The van der Waals surface area contributed by atoms with Crippen LogP contribution in [-0.4, -0.2) is 0 Å². The van der Waals surface area contributed by atoms with Gasteiger partial charge in [0.05, 0.1) is 0 Å². The van der Waals surface area contributed by atoms with E-state index in [1.54, 1.807) is 0 Å². The first kappa shape index (κ1) is 29.7. The van der Waals surface area contributed by atoms with Crippen molar-refractivity contribution in [3.8, 4) is 44.5 Å². The molecule has 0 fully saturated rings. The normalized spacial score (nSPS) is 11.8. The van der Waals surface area contributed by atoms with Crippen molar-refractivity contribution < 1.29 is 4.42 Å². The summed E-state index contributed by atoms with van der Waals surface area (Å²) < 4.78 is 6.76. The molecule has 0 unspecified atom stereocenters. The summed E-state index contributed by atoms with van der Waals surface area (Å²) in [5, 5.41) is 12.2. The van der Waals surface area contributed by atoms with Gasteiger partial charge in [0.15, 0.2) is 0 Å². The van der Waals surface area contributed by atoms with Crippen LogP contribution < -0.4 is 0 Å². The molecule has 1 nitrogen and oxygen atoms in total. The highest BCUT2D eigenvalue weighted by molar-refractivity contribution is 6.28. The molecule has 1 aromatic heterocycles. The number of hydrogen-bond acceptors (Lipinski definition) is 1. The van der Waals surface area contributed by atoms with E-state index in [2.05, 4.69) is 194 Å². The molecule has 1 heterocycles. The van der Waals surface area contributed by atoms with E-state index in [-0.39, 0.29) is 0 Å². The van der Waals surface area contributed by atoms with Crippen molar-refractivity contribution >= 4 is 65.0 Å². The van der Waals surface area contributed by atoms with Crippen molar-refractivity contribution in [1.29, 1.82) is 0 Å². The Morgan fingerprint density at radius 2 is 0.811 bits per heavy atom. The number of rotatable bonds is 4. The molecule has 246 valence electrons. The van der Waals surface area contributed by atoms with E-state index < -0.39 is 0 Å². The van der Waals surface area contributed by atoms with E-state index >= 15 is 0 Å². The Balaban J connectivity index is 1.29. The summed E-state index contributed by atoms with van der Waals surface area (Å²) in [5.41, 5.74) is 11.4. The summed E-state index contributed by atoms with van der Waals surface area (Å²) in [6.45, 7) is 0. The fraction of sp³-hybridized carbons (Fsp3) is 0. The lowest BCUT2D eigenvalue weighted by Gasteiger charge is -2.21. The Hall–Kier alpha value is -6.96. The lowest BCUT2D eigenvalue weighted by Crippen LogP contribution is -1.93. The SMILES string of the molecule is c1ccc(-c2cc(-c3c4ccccc4c(-c4ccc(-c5ccccc5)c5oc6ccccc6c45)c4ccccc34)c3ccc4ccccc4c3c2)cc1. The second-order valence-electron chi connectivity index (χ2n) is 13.9. The van der Waals surface area contributed by atoms with Gasteiger partial charge in [-0.3, -0.25) is 0 Å². The van der Waals surface area contributed by atoms with Crippen LogP contribution >= 0.6 is 0 Å². The largest absolute Gasteiger partial charge is 0.455 e. The molecule has 0 amide bonds. The maximum Gasteiger partial charge on any atom is 0.143 e. The highest BCUT2D eigenvalue weighted by Crippen LogP contribution is 2.50. The smallest absolute Gasteiger partial charge is 0.143 e. The van der Waals surface area contributed by atoms with Crippen LogP contribution in [0.2, 0.25) is 0 Å². The Labute approximate surface area is 307 Å². The van der Waals surface area contributed by atoms with Gasteiger partial charge in [-0.05, 0) is 106 Å². The summed E-state index contributed by atoms with van der Waals surface area (Å²) in [6.07, 6.45) is 0. The van der Waals surface area contributed by atoms with Crippen molar-refractivity contribution in [2.75, 3.05) is 0 Å². The second-order valence-corrected chi connectivity index (χ2v) is 13.9. The zero-order valence-corrected chi connectivity index (χ0v) is 28.9. The second kappa shape index (κ2) is 11.8. The van der Waals surface area contributed by atoms with Crippen LogP contribution in [0, 0.1) is 0 Å². The molecule has 11 rings (SSSR count). The number of furan rings is 1. The molecule has 0 N–H and O–H groups in total. The molecule has 0 aliphatic heterocycles. The van der Waals surface area contributed by atoms with Gasteiger partial charge in [-0.15, -0.1) is 0 Å². The highest BCUT2D eigenvalue weighted by atomic mass is 16.3. The molecule has 1 heteroatoms. The van der Waals surface area contributed by atoms with E-state index in [4.69, 9.17) is 4.42 Å². The third-order valence-electron chi connectivity index (χ3n) is 11.0. The monoisotopic (exact) mass is 672 g/mol. The topological polar surface area (TPSA) is 13.1 Å². The van der Waals surface area contributed by atoms with E-state index in [1.807, 2.05) is 0 Å². The minimum Gasteiger partial charge on any atom is -0.455 e. The van der Waals surface area contributed by atoms with E-state index in [1.165, 1.54) is 76.5 Å². The average Bonchev–Trinajstić information content (AvgIpc) is 3.63.